The maximum absolute atomic E-state index is 13.4. The molecule has 0 aromatic carbocycles. The van der Waals surface area contributed by atoms with Crippen molar-refractivity contribution in [3.8, 4) is 0 Å². The Kier molecular flexibility index (Phi) is 39.7. The van der Waals surface area contributed by atoms with E-state index in [0.717, 1.165) is 51.4 Å². The number of hydrogen-bond acceptors (Lipinski definition) is 14. The molecule has 0 saturated carbocycles. The molecule has 0 radical (unpaired) electrons. The lowest BCUT2D eigenvalue weighted by atomic mass is 9.84. The highest BCUT2D eigenvalue weighted by Crippen LogP contribution is 2.26. The first-order valence-electron chi connectivity index (χ1n) is 21.7. The summed E-state index contributed by atoms with van der Waals surface area (Å²) in [6.45, 7) is 11.3. The highest BCUT2D eigenvalue weighted by Gasteiger charge is 2.34. The van der Waals surface area contributed by atoms with Gasteiger partial charge in [-0.15, -0.1) is 0 Å². The van der Waals surface area contributed by atoms with Crippen molar-refractivity contribution in [2.24, 2.45) is 5.41 Å². The fourth-order valence-corrected chi connectivity index (χ4v) is 5.50. The van der Waals surface area contributed by atoms with E-state index in [9.17, 15) is 24.0 Å². The maximum Gasteiger partial charge on any atom is 0.307 e. The van der Waals surface area contributed by atoms with Crippen molar-refractivity contribution in [1.82, 2.24) is 5.32 Å². The molecule has 0 unspecified atom stereocenters. The summed E-state index contributed by atoms with van der Waals surface area (Å²) in [6, 6.07) is 0. The minimum atomic E-state index is -0.889. The summed E-state index contributed by atoms with van der Waals surface area (Å²) in [5.74, 6) is -0.188. The van der Waals surface area contributed by atoms with E-state index in [1.807, 2.05) is 0 Å². The van der Waals surface area contributed by atoms with Crippen LogP contribution in [0.15, 0.2) is 0 Å². The summed E-state index contributed by atoms with van der Waals surface area (Å²) in [6.07, 6.45) is 9.94. The lowest BCUT2D eigenvalue weighted by Crippen LogP contribution is -2.40. The van der Waals surface area contributed by atoms with Crippen LogP contribution in [0, 0.1) is 5.41 Å². The smallest absolute Gasteiger partial charge is 0.307 e. The Morgan fingerprint density at radius 2 is 0.793 bits per heavy atom. The zero-order valence-electron chi connectivity index (χ0n) is 36.5. The number of carbonyl (C=O) groups is 5. The summed E-state index contributed by atoms with van der Waals surface area (Å²) in [5, 5.41) is 2.89. The predicted octanol–water partition coefficient (Wildman–Crippen LogP) is 5.40. The number of amides is 1. The fraction of sp³-hybridized carbons (Fsp3) is 0.884. The van der Waals surface area contributed by atoms with Gasteiger partial charge < -0.3 is 47.9 Å². The van der Waals surface area contributed by atoms with Gasteiger partial charge in [-0.3, -0.25) is 24.0 Å². The topological polar surface area (TPSA) is 180 Å². The molecule has 0 aromatic rings. The Morgan fingerprint density at radius 1 is 0.414 bits per heavy atom. The molecule has 0 fully saturated rings. The van der Waals surface area contributed by atoms with Crippen molar-refractivity contribution in [1.29, 1.82) is 0 Å². The van der Waals surface area contributed by atoms with Gasteiger partial charge >= 0.3 is 5.97 Å². The normalized spacial score (nSPS) is 11.5. The number of rotatable bonds is 46. The summed E-state index contributed by atoms with van der Waals surface area (Å²) in [5.41, 5.74) is -0.889. The second kappa shape index (κ2) is 41.4. The Bertz CT molecular complexity index is 953. The number of carbonyl (C=O) groups excluding carboxylic acids is 5. The van der Waals surface area contributed by atoms with Crippen LogP contribution in [-0.4, -0.2) is 149 Å². The van der Waals surface area contributed by atoms with Crippen LogP contribution in [0.4, 0.5) is 0 Å². The van der Waals surface area contributed by atoms with Gasteiger partial charge in [0.2, 0.25) is 5.91 Å². The van der Waals surface area contributed by atoms with Crippen molar-refractivity contribution in [2.45, 2.75) is 124 Å². The van der Waals surface area contributed by atoms with Gasteiger partial charge in [0, 0.05) is 56.9 Å². The molecule has 1 N–H and O–H groups in total. The number of Topliss-reactive ketones (excluding diaryl/α,β-unsaturated/α-hetero) is 3. The summed E-state index contributed by atoms with van der Waals surface area (Å²) >= 11 is 0. The SMILES string of the molecule is CCCCCC(=O)CCOCC(COCCC(=O)CCCCC)(COCCC(=O)NCCCC)CC(=O)CCOCCOCCOCCOCCOCCC(=O)OC. The molecule has 0 saturated heterocycles. The Labute approximate surface area is 348 Å². The lowest BCUT2D eigenvalue weighted by molar-refractivity contribution is -0.142. The van der Waals surface area contributed by atoms with Crippen LogP contribution >= 0.6 is 0 Å². The number of ketones is 3. The molecule has 58 heavy (non-hydrogen) atoms. The third-order valence-corrected chi connectivity index (χ3v) is 8.98. The van der Waals surface area contributed by atoms with Crippen LogP contribution in [0.25, 0.3) is 0 Å². The molecule has 1 amide bonds. The van der Waals surface area contributed by atoms with Gasteiger partial charge in [0.1, 0.15) is 17.3 Å². The molecule has 15 nitrogen and oxygen atoms in total. The third-order valence-electron chi connectivity index (χ3n) is 8.98. The van der Waals surface area contributed by atoms with Gasteiger partial charge in [-0.25, -0.2) is 0 Å². The molecule has 0 heterocycles. The Balaban J connectivity index is 4.93. The number of esters is 1. The van der Waals surface area contributed by atoms with Crippen LogP contribution in [0.3, 0.4) is 0 Å². The molecule has 0 aliphatic rings. The molecule has 0 rings (SSSR count). The number of unbranched alkanes of at least 4 members (excludes halogenated alkanes) is 5. The highest BCUT2D eigenvalue weighted by molar-refractivity contribution is 5.79. The van der Waals surface area contributed by atoms with E-state index in [4.69, 9.17) is 37.9 Å². The molecule has 0 aromatic heterocycles. The molecule has 0 bridgehead atoms. The third kappa shape index (κ3) is 36.7. The van der Waals surface area contributed by atoms with Crippen molar-refractivity contribution in [3.05, 3.63) is 0 Å². The molecular weight excluding hydrogens is 754 g/mol. The second-order valence-electron chi connectivity index (χ2n) is 14.5. The molecule has 340 valence electrons. The second-order valence-corrected chi connectivity index (χ2v) is 14.5. The molecule has 0 aliphatic carbocycles. The van der Waals surface area contributed by atoms with Crippen LogP contribution in [0.1, 0.15) is 124 Å². The Hall–Kier alpha value is -2.37. The highest BCUT2D eigenvalue weighted by atomic mass is 16.6. The van der Waals surface area contributed by atoms with E-state index in [2.05, 4.69) is 30.8 Å². The zero-order chi connectivity index (χ0) is 42.8. The molecular formula is C43H79NO14. The standard InChI is InChI=1S/C43H79NO14/c1-5-8-11-13-38(45)15-22-56-35-43(36-57-23-16-39(46)14-12-9-6-2,37-58-24-18-41(48)44-20-10-7-3)34-40(47)17-21-51-26-28-53-30-32-55-33-31-54-29-27-52-25-19-42(49)50-4/h5-37H2,1-4H3,(H,44,48). The first-order valence-corrected chi connectivity index (χ1v) is 21.7. The fourth-order valence-electron chi connectivity index (χ4n) is 5.50. The van der Waals surface area contributed by atoms with Crippen molar-refractivity contribution in [2.75, 3.05) is 119 Å². The zero-order valence-corrected chi connectivity index (χ0v) is 36.5. The number of nitrogens with one attached hydrogen (secondary N) is 1. The first kappa shape index (κ1) is 55.6. The van der Waals surface area contributed by atoms with Gasteiger partial charge in [0.15, 0.2) is 0 Å². The minimum absolute atomic E-state index is 0.0660. The summed E-state index contributed by atoms with van der Waals surface area (Å²) in [4.78, 5) is 61.5. The monoisotopic (exact) mass is 834 g/mol. The molecule has 15 heteroatoms. The number of hydrogen-bond donors (Lipinski definition) is 1. The lowest BCUT2D eigenvalue weighted by Gasteiger charge is -2.33. The maximum atomic E-state index is 13.4. The van der Waals surface area contributed by atoms with Crippen LogP contribution < -0.4 is 5.32 Å². The van der Waals surface area contributed by atoms with E-state index in [-0.39, 0.29) is 114 Å². The molecule has 0 atom stereocenters. The van der Waals surface area contributed by atoms with Gasteiger partial charge in [-0.2, -0.15) is 0 Å². The average molecular weight is 834 g/mol. The first-order chi connectivity index (χ1) is 28.2. The van der Waals surface area contributed by atoms with Gasteiger partial charge in [0.05, 0.1) is 119 Å². The van der Waals surface area contributed by atoms with E-state index >= 15 is 0 Å². The summed E-state index contributed by atoms with van der Waals surface area (Å²) in [7, 11) is 1.34. The average Bonchev–Trinajstić information content (AvgIpc) is 3.21. The summed E-state index contributed by atoms with van der Waals surface area (Å²) < 4.78 is 50.1. The van der Waals surface area contributed by atoms with Crippen LogP contribution in [0.2, 0.25) is 0 Å². The molecule has 0 aliphatic heterocycles. The largest absolute Gasteiger partial charge is 0.469 e. The van der Waals surface area contributed by atoms with Gasteiger partial charge in [0.25, 0.3) is 0 Å². The number of ether oxygens (including phenoxy) is 9. The van der Waals surface area contributed by atoms with E-state index in [0.29, 0.717) is 78.8 Å². The Morgan fingerprint density at radius 3 is 1.22 bits per heavy atom. The minimum Gasteiger partial charge on any atom is -0.469 e. The van der Waals surface area contributed by atoms with Crippen molar-refractivity contribution < 1.29 is 66.6 Å². The van der Waals surface area contributed by atoms with Crippen molar-refractivity contribution >= 4 is 29.2 Å². The van der Waals surface area contributed by atoms with Crippen molar-refractivity contribution in [3.63, 3.8) is 0 Å². The number of methoxy groups -OCH3 is 1. The van der Waals surface area contributed by atoms with Crippen LogP contribution in [-0.2, 0) is 66.6 Å². The van der Waals surface area contributed by atoms with Crippen LogP contribution in [0.5, 0.6) is 0 Å². The predicted molar refractivity (Wildman–Crippen MR) is 220 cm³/mol. The van der Waals surface area contributed by atoms with Gasteiger partial charge in [-0.1, -0.05) is 52.9 Å². The van der Waals surface area contributed by atoms with E-state index < -0.39 is 5.41 Å². The quantitative estimate of drug-likeness (QED) is 0.0608. The van der Waals surface area contributed by atoms with E-state index in [1.165, 1.54) is 7.11 Å². The van der Waals surface area contributed by atoms with Gasteiger partial charge in [-0.05, 0) is 19.3 Å². The molecule has 0 spiro atoms. The van der Waals surface area contributed by atoms with E-state index in [1.54, 1.807) is 0 Å².